The van der Waals surface area contributed by atoms with E-state index < -0.39 is 10.0 Å². The minimum absolute atomic E-state index is 0.195. The van der Waals surface area contributed by atoms with E-state index in [1.807, 2.05) is 30.3 Å². The SMILES string of the molecule is NS(=O)(=O)c1ccc(-c2cccc3c2sc2ccccc23)s1. The Hall–Kier alpha value is -1.73. The molecule has 22 heavy (non-hydrogen) atoms. The van der Waals surface area contributed by atoms with E-state index in [-0.39, 0.29) is 4.21 Å². The maximum absolute atomic E-state index is 11.5. The van der Waals surface area contributed by atoms with Crippen molar-refractivity contribution in [2.45, 2.75) is 4.21 Å². The third-order valence-corrected chi connectivity index (χ3v) is 7.31. The molecule has 2 heterocycles. The Morgan fingerprint density at radius 2 is 1.59 bits per heavy atom. The maximum Gasteiger partial charge on any atom is 0.247 e. The van der Waals surface area contributed by atoms with E-state index in [0.29, 0.717) is 0 Å². The van der Waals surface area contributed by atoms with Crippen molar-refractivity contribution in [3.05, 3.63) is 54.6 Å². The number of nitrogens with two attached hydrogens (primary N) is 1. The molecule has 0 atom stereocenters. The molecule has 0 aliphatic carbocycles. The molecule has 0 saturated carbocycles. The molecule has 0 spiro atoms. The summed E-state index contributed by atoms with van der Waals surface area (Å²) in [5.41, 5.74) is 1.05. The molecule has 3 nitrogen and oxygen atoms in total. The fourth-order valence-electron chi connectivity index (χ4n) is 2.56. The number of rotatable bonds is 2. The summed E-state index contributed by atoms with van der Waals surface area (Å²) < 4.78 is 25.5. The summed E-state index contributed by atoms with van der Waals surface area (Å²) in [7, 11) is -3.65. The highest BCUT2D eigenvalue weighted by molar-refractivity contribution is 7.91. The molecule has 0 saturated heterocycles. The average Bonchev–Trinajstić information content (AvgIpc) is 3.11. The van der Waals surface area contributed by atoms with Crippen LogP contribution in [0.2, 0.25) is 0 Å². The van der Waals surface area contributed by atoms with Gasteiger partial charge in [-0.05, 0) is 18.2 Å². The summed E-state index contributed by atoms with van der Waals surface area (Å²) >= 11 is 2.94. The van der Waals surface area contributed by atoms with Gasteiger partial charge >= 0.3 is 0 Å². The smallest absolute Gasteiger partial charge is 0.224 e. The lowest BCUT2D eigenvalue weighted by atomic mass is 10.1. The predicted molar refractivity (Wildman–Crippen MR) is 94.0 cm³/mol. The number of thiophene rings is 2. The molecule has 0 aliphatic heterocycles. The summed E-state index contributed by atoms with van der Waals surface area (Å²) in [6.07, 6.45) is 0. The van der Waals surface area contributed by atoms with Gasteiger partial charge in [-0.1, -0.05) is 36.4 Å². The molecule has 0 fully saturated rings. The first-order chi connectivity index (χ1) is 10.5. The number of sulfonamides is 1. The van der Waals surface area contributed by atoms with Gasteiger partial charge in [-0.3, -0.25) is 0 Å². The van der Waals surface area contributed by atoms with Crippen molar-refractivity contribution in [2.75, 3.05) is 0 Å². The molecule has 4 rings (SSSR count). The lowest BCUT2D eigenvalue weighted by Gasteiger charge is -1.99. The average molecular weight is 345 g/mol. The standard InChI is InChI=1S/C16H11NO2S3/c17-22(18,19)15-9-8-14(20-15)12-6-3-5-11-10-4-1-2-7-13(10)21-16(11)12/h1-9H,(H2,17,18,19). The van der Waals surface area contributed by atoms with Gasteiger partial charge in [-0.25, -0.2) is 13.6 Å². The van der Waals surface area contributed by atoms with Crippen LogP contribution >= 0.6 is 22.7 Å². The van der Waals surface area contributed by atoms with Gasteiger partial charge in [-0.2, -0.15) is 0 Å². The molecular formula is C16H11NO2S3. The number of hydrogen-bond acceptors (Lipinski definition) is 4. The van der Waals surface area contributed by atoms with E-state index in [1.54, 1.807) is 17.4 Å². The number of primary sulfonamides is 1. The van der Waals surface area contributed by atoms with Gasteiger partial charge in [0.2, 0.25) is 10.0 Å². The summed E-state index contributed by atoms with van der Waals surface area (Å²) in [6.45, 7) is 0. The van der Waals surface area contributed by atoms with E-state index in [0.717, 1.165) is 10.4 Å². The van der Waals surface area contributed by atoms with Crippen molar-refractivity contribution < 1.29 is 8.42 Å². The molecule has 0 aliphatic rings. The number of fused-ring (bicyclic) bond motifs is 3. The lowest BCUT2D eigenvalue weighted by molar-refractivity contribution is 0.600. The first-order valence-electron chi connectivity index (χ1n) is 6.57. The molecule has 0 radical (unpaired) electrons. The minimum atomic E-state index is -3.65. The highest BCUT2D eigenvalue weighted by atomic mass is 32.2. The summed E-state index contributed by atoms with van der Waals surface area (Å²) in [6, 6.07) is 17.8. The molecule has 4 aromatic rings. The molecule has 6 heteroatoms. The fraction of sp³-hybridized carbons (Fsp3) is 0. The van der Waals surface area contributed by atoms with Crippen LogP contribution in [0.4, 0.5) is 0 Å². The van der Waals surface area contributed by atoms with Crippen LogP contribution < -0.4 is 5.14 Å². The van der Waals surface area contributed by atoms with Gasteiger partial charge in [0.05, 0.1) is 0 Å². The van der Waals surface area contributed by atoms with E-state index in [1.165, 1.54) is 31.5 Å². The zero-order valence-electron chi connectivity index (χ0n) is 11.3. The van der Waals surface area contributed by atoms with E-state index in [4.69, 9.17) is 5.14 Å². The number of benzene rings is 2. The molecule has 0 bridgehead atoms. The summed E-state index contributed by atoms with van der Waals surface area (Å²) in [5.74, 6) is 0. The third-order valence-electron chi connectivity index (χ3n) is 3.53. The van der Waals surface area contributed by atoms with Crippen LogP contribution in [0.15, 0.2) is 58.8 Å². The van der Waals surface area contributed by atoms with Crippen molar-refractivity contribution in [2.24, 2.45) is 5.14 Å². The Kier molecular flexibility index (Phi) is 3.09. The van der Waals surface area contributed by atoms with Crippen molar-refractivity contribution in [1.82, 2.24) is 0 Å². The Morgan fingerprint density at radius 1 is 0.818 bits per heavy atom. The topological polar surface area (TPSA) is 60.2 Å². The normalized spacial score (nSPS) is 12.2. The lowest BCUT2D eigenvalue weighted by Crippen LogP contribution is -2.09. The molecule has 2 aromatic carbocycles. The van der Waals surface area contributed by atoms with Gasteiger partial charge in [0.1, 0.15) is 4.21 Å². The molecular weight excluding hydrogens is 334 g/mol. The first kappa shape index (κ1) is 13.9. The first-order valence-corrected chi connectivity index (χ1v) is 9.75. The van der Waals surface area contributed by atoms with Crippen LogP contribution in [0, 0.1) is 0 Å². The quantitative estimate of drug-likeness (QED) is 0.584. The minimum Gasteiger partial charge on any atom is -0.224 e. The Labute approximate surface area is 135 Å². The second kappa shape index (κ2) is 4.89. The van der Waals surface area contributed by atoms with Crippen molar-refractivity contribution in [3.8, 4) is 10.4 Å². The zero-order chi connectivity index (χ0) is 15.3. The van der Waals surface area contributed by atoms with E-state index >= 15 is 0 Å². The van der Waals surface area contributed by atoms with Crippen LogP contribution in [-0.2, 0) is 10.0 Å². The second-order valence-corrected chi connectivity index (χ2v) is 8.87. The van der Waals surface area contributed by atoms with Gasteiger partial charge in [0.25, 0.3) is 0 Å². The molecule has 2 N–H and O–H groups in total. The van der Waals surface area contributed by atoms with Crippen LogP contribution in [0.5, 0.6) is 0 Å². The van der Waals surface area contributed by atoms with Crippen LogP contribution in [-0.4, -0.2) is 8.42 Å². The summed E-state index contributed by atoms with van der Waals surface area (Å²) in [4.78, 5) is 0.918. The highest BCUT2D eigenvalue weighted by Gasteiger charge is 2.15. The largest absolute Gasteiger partial charge is 0.247 e. The molecule has 110 valence electrons. The Morgan fingerprint density at radius 3 is 2.36 bits per heavy atom. The Bertz CT molecular complexity index is 1110. The highest BCUT2D eigenvalue weighted by Crippen LogP contribution is 2.41. The van der Waals surface area contributed by atoms with Crippen LogP contribution in [0.25, 0.3) is 30.6 Å². The van der Waals surface area contributed by atoms with Crippen LogP contribution in [0.3, 0.4) is 0 Å². The monoisotopic (exact) mass is 345 g/mol. The second-order valence-electron chi connectivity index (χ2n) is 4.94. The van der Waals surface area contributed by atoms with Gasteiger partial charge in [0.15, 0.2) is 0 Å². The number of hydrogen-bond donors (Lipinski definition) is 1. The molecule has 2 aromatic heterocycles. The van der Waals surface area contributed by atoms with Crippen LogP contribution in [0.1, 0.15) is 0 Å². The van der Waals surface area contributed by atoms with Crippen molar-refractivity contribution in [3.63, 3.8) is 0 Å². The van der Waals surface area contributed by atoms with Crippen molar-refractivity contribution in [1.29, 1.82) is 0 Å². The molecule has 0 unspecified atom stereocenters. The van der Waals surface area contributed by atoms with E-state index in [2.05, 4.69) is 18.2 Å². The van der Waals surface area contributed by atoms with Crippen molar-refractivity contribution >= 4 is 52.9 Å². The zero-order valence-corrected chi connectivity index (χ0v) is 13.8. The third kappa shape index (κ3) is 2.16. The Balaban J connectivity index is 2.01. The maximum atomic E-state index is 11.5. The summed E-state index contributed by atoms with van der Waals surface area (Å²) in [5, 5.41) is 7.63. The predicted octanol–water partition coefficient (Wildman–Crippen LogP) is 4.43. The molecule has 0 amide bonds. The van der Waals surface area contributed by atoms with Gasteiger partial charge in [0, 0.05) is 30.6 Å². The van der Waals surface area contributed by atoms with E-state index in [9.17, 15) is 8.42 Å². The van der Waals surface area contributed by atoms with Gasteiger partial charge in [-0.15, -0.1) is 22.7 Å². The van der Waals surface area contributed by atoms with Gasteiger partial charge < -0.3 is 0 Å². The fourth-order valence-corrected chi connectivity index (χ4v) is 5.61.